The molecule has 0 unspecified atom stereocenters. The summed E-state index contributed by atoms with van der Waals surface area (Å²) in [4.78, 5) is 13.6. The first kappa shape index (κ1) is 20.2. The zero-order valence-corrected chi connectivity index (χ0v) is 18.2. The lowest BCUT2D eigenvalue weighted by molar-refractivity contribution is -0.116. The molecule has 2 N–H and O–H groups in total. The standard InChI is InChI=1S/C27H26N2O3/c1-31-19-12-13-25(32-2)20(16-19)27-26-23(28-21-10-6-7-11-22(21)29-27)14-18(15-24(26)30)17-8-4-3-5-9-17/h3-13,16,18,27-29H,14-15H2,1-2H3/t18-,27-/m1/s1. The van der Waals surface area contributed by atoms with Crippen LogP contribution in [0, 0.1) is 0 Å². The summed E-state index contributed by atoms with van der Waals surface area (Å²) < 4.78 is 11.2. The summed E-state index contributed by atoms with van der Waals surface area (Å²) in [5.41, 5.74) is 5.70. The molecule has 1 aliphatic heterocycles. The fraction of sp³-hybridized carbons (Fsp3) is 0.222. The highest BCUT2D eigenvalue weighted by atomic mass is 16.5. The number of para-hydroxylation sites is 2. The Morgan fingerprint density at radius 2 is 1.59 bits per heavy atom. The summed E-state index contributed by atoms with van der Waals surface area (Å²) >= 11 is 0. The number of Topliss-reactive ketones (excluding diaryl/α,β-unsaturated/α-hetero) is 1. The van der Waals surface area contributed by atoms with Crippen molar-refractivity contribution in [1.29, 1.82) is 0 Å². The summed E-state index contributed by atoms with van der Waals surface area (Å²) in [5.74, 6) is 1.73. The van der Waals surface area contributed by atoms with Crippen molar-refractivity contribution in [2.45, 2.75) is 24.8 Å². The van der Waals surface area contributed by atoms with Gasteiger partial charge in [-0.3, -0.25) is 4.79 Å². The molecule has 162 valence electrons. The molecule has 2 aliphatic rings. The SMILES string of the molecule is COc1ccc(OC)c([C@H]2Nc3ccccc3NC3=C2C(=O)C[C@H](c2ccccc2)C3)c1. The van der Waals surface area contributed by atoms with E-state index < -0.39 is 0 Å². The van der Waals surface area contributed by atoms with Gasteiger partial charge in [0.05, 0.1) is 31.6 Å². The second-order valence-electron chi connectivity index (χ2n) is 8.19. The number of anilines is 2. The Hall–Kier alpha value is -3.73. The van der Waals surface area contributed by atoms with Crippen molar-refractivity contribution in [2.24, 2.45) is 0 Å². The minimum absolute atomic E-state index is 0.141. The summed E-state index contributed by atoms with van der Waals surface area (Å²) in [6.07, 6.45) is 1.25. The van der Waals surface area contributed by atoms with Crippen molar-refractivity contribution in [3.63, 3.8) is 0 Å². The number of nitrogens with one attached hydrogen (secondary N) is 2. The second-order valence-corrected chi connectivity index (χ2v) is 8.19. The Balaban J connectivity index is 1.66. The average Bonchev–Trinajstić information content (AvgIpc) is 3.01. The van der Waals surface area contributed by atoms with E-state index in [0.717, 1.165) is 40.4 Å². The molecule has 3 aromatic carbocycles. The van der Waals surface area contributed by atoms with Crippen molar-refractivity contribution >= 4 is 17.2 Å². The van der Waals surface area contributed by atoms with Crippen LogP contribution in [0.4, 0.5) is 11.4 Å². The number of ketones is 1. The molecule has 0 amide bonds. The molecule has 2 atom stereocenters. The monoisotopic (exact) mass is 426 g/mol. The molecule has 0 saturated heterocycles. The first-order valence-corrected chi connectivity index (χ1v) is 10.8. The van der Waals surface area contributed by atoms with Gasteiger partial charge in [0.1, 0.15) is 11.5 Å². The predicted octanol–water partition coefficient (Wildman–Crippen LogP) is 5.68. The van der Waals surface area contributed by atoms with E-state index in [9.17, 15) is 4.79 Å². The fourth-order valence-corrected chi connectivity index (χ4v) is 4.75. The normalized spacial score (nSPS) is 19.8. The third-order valence-corrected chi connectivity index (χ3v) is 6.33. The number of benzene rings is 3. The number of carbonyl (C=O) groups excluding carboxylic acids is 1. The van der Waals surface area contributed by atoms with E-state index in [0.29, 0.717) is 12.2 Å². The predicted molar refractivity (Wildman–Crippen MR) is 126 cm³/mol. The van der Waals surface area contributed by atoms with Crippen LogP contribution in [0.15, 0.2) is 84.1 Å². The van der Waals surface area contributed by atoms with Crippen molar-refractivity contribution in [1.82, 2.24) is 0 Å². The highest BCUT2D eigenvalue weighted by Gasteiger charge is 2.37. The molecule has 5 nitrogen and oxygen atoms in total. The molecule has 5 rings (SSSR count). The topological polar surface area (TPSA) is 59.6 Å². The maximum absolute atomic E-state index is 13.6. The highest BCUT2D eigenvalue weighted by Crippen LogP contribution is 2.46. The average molecular weight is 427 g/mol. The first-order chi connectivity index (χ1) is 15.7. The van der Waals surface area contributed by atoms with E-state index in [1.54, 1.807) is 14.2 Å². The molecule has 3 aromatic rings. The zero-order valence-electron chi connectivity index (χ0n) is 18.2. The van der Waals surface area contributed by atoms with Crippen molar-refractivity contribution in [2.75, 3.05) is 24.9 Å². The van der Waals surface area contributed by atoms with E-state index >= 15 is 0 Å². The number of rotatable bonds is 4. The van der Waals surface area contributed by atoms with Crippen LogP contribution in [0.5, 0.6) is 11.5 Å². The van der Waals surface area contributed by atoms with Gasteiger partial charge in [-0.05, 0) is 48.2 Å². The van der Waals surface area contributed by atoms with Crippen LogP contribution in [0.25, 0.3) is 0 Å². The minimum Gasteiger partial charge on any atom is -0.497 e. The van der Waals surface area contributed by atoms with Gasteiger partial charge < -0.3 is 20.1 Å². The molecule has 1 heterocycles. The molecule has 0 bridgehead atoms. The fourth-order valence-electron chi connectivity index (χ4n) is 4.75. The Kier molecular flexibility index (Phi) is 5.31. The summed E-state index contributed by atoms with van der Waals surface area (Å²) in [7, 11) is 3.29. The van der Waals surface area contributed by atoms with E-state index in [4.69, 9.17) is 9.47 Å². The maximum Gasteiger partial charge on any atom is 0.163 e. The van der Waals surface area contributed by atoms with Gasteiger partial charge in [-0.1, -0.05) is 42.5 Å². The van der Waals surface area contributed by atoms with Gasteiger partial charge in [-0.15, -0.1) is 0 Å². The lowest BCUT2D eigenvalue weighted by Crippen LogP contribution is -2.27. The third kappa shape index (κ3) is 3.60. The smallest absolute Gasteiger partial charge is 0.163 e. The van der Waals surface area contributed by atoms with E-state index in [1.807, 2.05) is 60.7 Å². The van der Waals surface area contributed by atoms with Gasteiger partial charge in [-0.2, -0.15) is 0 Å². The molecule has 32 heavy (non-hydrogen) atoms. The molecular formula is C27H26N2O3. The molecule has 0 fully saturated rings. The van der Waals surface area contributed by atoms with Crippen LogP contribution in [-0.4, -0.2) is 20.0 Å². The zero-order chi connectivity index (χ0) is 22.1. The Morgan fingerprint density at radius 1 is 0.844 bits per heavy atom. The first-order valence-electron chi connectivity index (χ1n) is 10.8. The quantitative estimate of drug-likeness (QED) is 0.562. The molecule has 0 radical (unpaired) electrons. The van der Waals surface area contributed by atoms with Gasteiger partial charge in [0, 0.05) is 23.3 Å². The number of ether oxygens (including phenoxy) is 2. The summed E-state index contributed by atoms with van der Waals surface area (Å²) in [5, 5.41) is 7.19. The lowest BCUT2D eigenvalue weighted by Gasteiger charge is -2.30. The Morgan fingerprint density at radius 3 is 2.34 bits per heavy atom. The van der Waals surface area contributed by atoms with Crippen molar-refractivity contribution in [3.05, 3.63) is 95.2 Å². The Labute approximate surface area is 188 Å². The van der Waals surface area contributed by atoms with Crippen molar-refractivity contribution < 1.29 is 14.3 Å². The van der Waals surface area contributed by atoms with Gasteiger partial charge in [0.2, 0.25) is 0 Å². The Bertz CT molecular complexity index is 1190. The number of fused-ring (bicyclic) bond motifs is 1. The van der Waals surface area contributed by atoms with Gasteiger partial charge in [0.25, 0.3) is 0 Å². The minimum atomic E-state index is -0.351. The number of allylic oxidation sites excluding steroid dienone is 1. The molecule has 1 aliphatic carbocycles. The third-order valence-electron chi connectivity index (χ3n) is 6.33. The van der Waals surface area contributed by atoms with Crippen LogP contribution in [0.1, 0.15) is 35.9 Å². The van der Waals surface area contributed by atoms with Crippen LogP contribution < -0.4 is 20.1 Å². The van der Waals surface area contributed by atoms with Gasteiger partial charge in [0.15, 0.2) is 5.78 Å². The van der Waals surface area contributed by atoms with E-state index in [-0.39, 0.29) is 17.7 Å². The second kappa shape index (κ2) is 8.42. The highest BCUT2D eigenvalue weighted by molar-refractivity contribution is 6.01. The van der Waals surface area contributed by atoms with Crippen LogP contribution >= 0.6 is 0 Å². The van der Waals surface area contributed by atoms with E-state index in [1.165, 1.54) is 5.56 Å². The largest absolute Gasteiger partial charge is 0.497 e. The number of carbonyl (C=O) groups is 1. The van der Waals surface area contributed by atoms with Crippen LogP contribution in [0.2, 0.25) is 0 Å². The summed E-state index contributed by atoms with van der Waals surface area (Å²) in [6, 6.07) is 23.7. The number of hydrogen-bond acceptors (Lipinski definition) is 5. The van der Waals surface area contributed by atoms with Gasteiger partial charge in [-0.25, -0.2) is 0 Å². The molecular weight excluding hydrogens is 400 g/mol. The molecule has 5 heteroatoms. The van der Waals surface area contributed by atoms with E-state index in [2.05, 4.69) is 22.8 Å². The number of methoxy groups -OCH3 is 2. The number of hydrogen-bond donors (Lipinski definition) is 2. The van der Waals surface area contributed by atoms with Gasteiger partial charge >= 0.3 is 0 Å². The lowest BCUT2D eigenvalue weighted by atomic mass is 9.78. The molecule has 0 aromatic heterocycles. The maximum atomic E-state index is 13.6. The molecule has 0 spiro atoms. The summed E-state index contributed by atoms with van der Waals surface area (Å²) in [6.45, 7) is 0. The van der Waals surface area contributed by atoms with Crippen LogP contribution in [0.3, 0.4) is 0 Å². The van der Waals surface area contributed by atoms with Crippen LogP contribution in [-0.2, 0) is 4.79 Å². The molecule has 0 saturated carbocycles. The van der Waals surface area contributed by atoms with Crippen molar-refractivity contribution in [3.8, 4) is 11.5 Å².